The van der Waals surface area contributed by atoms with E-state index in [9.17, 15) is 9.59 Å². The zero-order chi connectivity index (χ0) is 20.3. The molecule has 5 heteroatoms. The third-order valence-corrected chi connectivity index (χ3v) is 6.09. The maximum Gasteiger partial charge on any atom is 0.268 e. The van der Waals surface area contributed by atoms with Gasteiger partial charge in [0.25, 0.3) is 5.91 Å². The topological polar surface area (TPSA) is 58.6 Å². The lowest BCUT2D eigenvalue weighted by molar-refractivity contribution is -0.142. The summed E-state index contributed by atoms with van der Waals surface area (Å²) < 4.78 is 6.34. The van der Waals surface area contributed by atoms with E-state index in [0.29, 0.717) is 26.1 Å². The lowest BCUT2D eigenvalue weighted by atomic mass is 9.79. The minimum Gasteiger partial charge on any atom is -0.476 e. The number of rotatable bonds is 5. The van der Waals surface area contributed by atoms with Crippen LogP contribution in [0.15, 0.2) is 54.6 Å². The van der Waals surface area contributed by atoms with Gasteiger partial charge in [-0.25, -0.2) is 0 Å². The number of nitrogens with zero attached hydrogens (tertiary/aromatic N) is 1. The number of para-hydroxylation sites is 1. The van der Waals surface area contributed by atoms with Gasteiger partial charge < -0.3 is 15.0 Å². The molecular weight excluding hydrogens is 364 g/mol. The number of hydrogen-bond donors (Lipinski definition) is 1. The molecule has 4 rings (SSSR count). The molecule has 0 bridgehead atoms. The van der Waals surface area contributed by atoms with Crippen LogP contribution in [-0.2, 0) is 16.0 Å². The Morgan fingerprint density at radius 3 is 2.66 bits per heavy atom. The Hall–Kier alpha value is -2.82. The summed E-state index contributed by atoms with van der Waals surface area (Å²) in [5.74, 6) is 0.814. The van der Waals surface area contributed by atoms with Crippen LogP contribution in [0.2, 0.25) is 0 Å². The molecule has 0 saturated carbocycles. The van der Waals surface area contributed by atoms with Crippen molar-refractivity contribution in [3.63, 3.8) is 0 Å². The molecule has 2 aliphatic heterocycles. The predicted molar refractivity (Wildman–Crippen MR) is 112 cm³/mol. The predicted octanol–water partition coefficient (Wildman–Crippen LogP) is 3.50. The van der Waals surface area contributed by atoms with Crippen molar-refractivity contribution in [3.8, 4) is 5.75 Å². The van der Waals surface area contributed by atoms with Crippen LogP contribution >= 0.6 is 0 Å². The van der Waals surface area contributed by atoms with Gasteiger partial charge in [0, 0.05) is 37.0 Å². The highest BCUT2D eigenvalue weighted by atomic mass is 16.5. The van der Waals surface area contributed by atoms with E-state index in [-0.39, 0.29) is 17.2 Å². The van der Waals surface area contributed by atoms with Gasteiger partial charge in [-0.05, 0) is 30.9 Å². The Bertz CT molecular complexity index is 883. The quantitative estimate of drug-likeness (QED) is 0.847. The van der Waals surface area contributed by atoms with Crippen molar-refractivity contribution in [3.05, 3.63) is 65.7 Å². The van der Waals surface area contributed by atoms with Crippen LogP contribution in [0.3, 0.4) is 0 Å². The van der Waals surface area contributed by atoms with Gasteiger partial charge in [0.1, 0.15) is 5.75 Å². The second kappa shape index (κ2) is 8.27. The van der Waals surface area contributed by atoms with Gasteiger partial charge in [-0.1, -0.05) is 55.5 Å². The first kappa shape index (κ1) is 19.5. The summed E-state index contributed by atoms with van der Waals surface area (Å²) >= 11 is 0. The van der Waals surface area contributed by atoms with Gasteiger partial charge in [-0.3, -0.25) is 9.59 Å². The first-order chi connectivity index (χ1) is 14.1. The number of amides is 2. The summed E-state index contributed by atoms with van der Waals surface area (Å²) in [6.07, 6.45) is 2.54. The Kier molecular flexibility index (Phi) is 5.56. The first-order valence-electron chi connectivity index (χ1n) is 10.5. The van der Waals surface area contributed by atoms with Gasteiger partial charge in [-0.2, -0.15) is 0 Å². The minimum absolute atomic E-state index is 0.0273. The molecule has 2 fully saturated rings. The SMILES string of the molecule is CCc1ccccc1OC(C(=O)N1CCCC2(CNC(=O)C2)C1)c1ccccc1. The molecule has 2 aliphatic rings. The van der Waals surface area contributed by atoms with Gasteiger partial charge >= 0.3 is 0 Å². The number of likely N-dealkylation sites (tertiary alicyclic amines) is 1. The van der Waals surface area contributed by atoms with Crippen molar-refractivity contribution in [2.45, 2.75) is 38.7 Å². The van der Waals surface area contributed by atoms with E-state index >= 15 is 0 Å². The molecule has 2 amide bonds. The second-order valence-corrected chi connectivity index (χ2v) is 8.19. The van der Waals surface area contributed by atoms with Crippen LogP contribution in [0, 0.1) is 5.41 Å². The van der Waals surface area contributed by atoms with Crippen molar-refractivity contribution in [1.29, 1.82) is 0 Å². The molecule has 2 saturated heterocycles. The first-order valence-corrected chi connectivity index (χ1v) is 10.5. The van der Waals surface area contributed by atoms with E-state index in [1.807, 2.05) is 59.5 Å². The Balaban J connectivity index is 1.61. The van der Waals surface area contributed by atoms with Gasteiger partial charge in [0.15, 0.2) is 0 Å². The maximum atomic E-state index is 13.6. The summed E-state index contributed by atoms with van der Waals surface area (Å²) in [5.41, 5.74) is 1.80. The number of hydrogen-bond acceptors (Lipinski definition) is 3. The number of ether oxygens (including phenoxy) is 1. The number of nitrogens with one attached hydrogen (secondary N) is 1. The molecular formula is C24H28N2O3. The monoisotopic (exact) mass is 392 g/mol. The molecule has 0 aromatic heterocycles. The van der Waals surface area contributed by atoms with Crippen molar-refractivity contribution in [1.82, 2.24) is 10.2 Å². The molecule has 0 radical (unpaired) electrons. The Labute approximate surface area is 172 Å². The zero-order valence-corrected chi connectivity index (χ0v) is 16.9. The maximum absolute atomic E-state index is 13.6. The van der Waals surface area contributed by atoms with Crippen LogP contribution in [-0.4, -0.2) is 36.3 Å². The van der Waals surface area contributed by atoms with E-state index in [2.05, 4.69) is 12.2 Å². The number of carbonyl (C=O) groups excluding carboxylic acids is 2. The number of piperidine rings is 1. The van der Waals surface area contributed by atoms with Crippen LogP contribution < -0.4 is 10.1 Å². The van der Waals surface area contributed by atoms with E-state index in [0.717, 1.165) is 36.1 Å². The number of aryl methyl sites for hydroxylation is 1. The molecule has 2 unspecified atom stereocenters. The van der Waals surface area contributed by atoms with Gasteiger partial charge in [-0.15, -0.1) is 0 Å². The van der Waals surface area contributed by atoms with Gasteiger partial charge in [0.2, 0.25) is 12.0 Å². The summed E-state index contributed by atoms with van der Waals surface area (Å²) in [7, 11) is 0. The van der Waals surface area contributed by atoms with Crippen molar-refractivity contribution in [2.24, 2.45) is 5.41 Å². The number of carbonyl (C=O) groups is 2. The molecule has 2 aromatic rings. The van der Waals surface area contributed by atoms with Gasteiger partial charge in [0.05, 0.1) is 0 Å². The lowest BCUT2D eigenvalue weighted by Crippen LogP contribution is -2.49. The highest BCUT2D eigenvalue weighted by Crippen LogP contribution is 2.37. The largest absolute Gasteiger partial charge is 0.476 e. The smallest absolute Gasteiger partial charge is 0.268 e. The Morgan fingerprint density at radius 1 is 1.17 bits per heavy atom. The molecule has 152 valence electrons. The fourth-order valence-electron chi connectivity index (χ4n) is 4.53. The van der Waals surface area contributed by atoms with E-state index in [4.69, 9.17) is 4.74 Å². The highest BCUT2D eigenvalue weighted by molar-refractivity contribution is 5.84. The highest BCUT2D eigenvalue weighted by Gasteiger charge is 2.44. The third kappa shape index (κ3) is 4.14. The average Bonchev–Trinajstić information content (AvgIpc) is 3.11. The molecule has 1 N–H and O–H groups in total. The molecule has 2 aromatic carbocycles. The fourth-order valence-corrected chi connectivity index (χ4v) is 4.53. The molecule has 2 heterocycles. The van der Waals surface area contributed by atoms with Crippen molar-refractivity contribution in [2.75, 3.05) is 19.6 Å². The molecule has 29 heavy (non-hydrogen) atoms. The average molecular weight is 392 g/mol. The summed E-state index contributed by atoms with van der Waals surface area (Å²) in [5, 5.41) is 2.95. The van der Waals surface area contributed by atoms with Crippen molar-refractivity contribution < 1.29 is 14.3 Å². The van der Waals surface area contributed by atoms with Crippen molar-refractivity contribution >= 4 is 11.8 Å². The summed E-state index contributed by atoms with van der Waals surface area (Å²) in [4.78, 5) is 27.3. The van der Waals surface area contributed by atoms with E-state index in [1.165, 1.54) is 0 Å². The fraction of sp³-hybridized carbons (Fsp3) is 0.417. The number of benzene rings is 2. The minimum atomic E-state index is -0.691. The zero-order valence-electron chi connectivity index (χ0n) is 16.9. The van der Waals surface area contributed by atoms with Crippen LogP contribution in [0.5, 0.6) is 5.75 Å². The lowest BCUT2D eigenvalue weighted by Gasteiger charge is -2.40. The molecule has 5 nitrogen and oxygen atoms in total. The van der Waals surface area contributed by atoms with Crippen LogP contribution in [0.25, 0.3) is 0 Å². The molecule has 0 aliphatic carbocycles. The standard InChI is InChI=1S/C24H28N2O3/c1-2-18-9-6-7-12-20(18)29-22(19-10-4-3-5-11-19)23(28)26-14-8-13-24(17-26)15-21(27)25-16-24/h3-7,9-12,22H,2,8,13-17H2,1H3,(H,25,27). The van der Waals surface area contributed by atoms with E-state index in [1.54, 1.807) is 0 Å². The van der Waals surface area contributed by atoms with E-state index < -0.39 is 6.10 Å². The summed E-state index contributed by atoms with van der Waals surface area (Å²) in [6.45, 7) is 4.05. The third-order valence-electron chi connectivity index (χ3n) is 6.09. The molecule has 2 atom stereocenters. The van der Waals surface area contributed by atoms with Crippen LogP contribution in [0.4, 0.5) is 0 Å². The normalized spacial score (nSPS) is 22.4. The summed E-state index contributed by atoms with van der Waals surface area (Å²) in [6, 6.07) is 17.6. The molecule has 1 spiro atoms. The Morgan fingerprint density at radius 2 is 1.93 bits per heavy atom. The van der Waals surface area contributed by atoms with Crippen LogP contribution in [0.1, 0.15) is 43.4 Å². The second-order valence-electron chi connectivity index (χ2n) is 8.19.